The van der Waals surface area contributed by atoms with E-state index in [1.165, 1.54) is 6.33 Å². The van der Waals surface area contributed by atoms with Gasteiger partial charge in [0.1, 0.15) is 17.6 Å². The highest BCUT2D eigenvalue weighted by Crippen LogP contribution is 2.22. The van der Waals surface area contributed by atoms with Gasteiger partial charge in [-0.3, -0.25) is 4.79 Å². The van der Waals surface area contributed by atoms with Gasteiger partial charge in [0, 0.05) is 5.39 Å². The molecule has 2 heterocycles. The quantitative estimate of drug-likeness (QED) is 0.613. The molecule has 2 aromatic heterocycles. The number of methoxy groups -OCH3 is 1. The normalized spacial score (nSPS) is 11.1. The molecule has 17 heavy (non-hydrogen) atoms. The number of aromatic nitrogens is 3. The van der Waals surface area contributed by atoms with Gasteiger partial charge in [-0.1, -0.05) is 0 Å². The average Bonchev–Trinajstić information content (AvgIpc) is 2.72. The van der Waals surface area contributed by atoms with Crippen molar-refractivity contribution in [2.24, 2.45) is 0 Å². The number of fused-ring (bicyclic) bond motifs is 3. The minimum Gasteiger partial charge on any atom is -0.497 e. The maximum atomic E-state index is 11.8. The Morgan fingerprint density at radius 2 is 2.12 bits per heavy atom. The summed E-state index contributed by atoms with van der Waals surface area (Å²) in [6.07, 6.45) is 1.29. The Hall–Kier alpha value is -2.50. The molecule has 0 spiro atoms. The lowest BCUT2D eigenvalue weighted by atomic mass is 10.2. The van der Waals surface area contributed by atoms with Gasteiger partial charge in [0.15, 0.2) is 0 Å². The third-order valence-corrected chi connectivity index (χ3v) is 2.73. The van der Waals surface area contributed by atoms with Crippen LogP contribution >= 0.6 is 0 Å². The van der Waals surface area contributed by atoms with Crippen molar-refractivity contribution < 1.29 is 4.74 Å². The number of hydrogen-bond donors (Lipinski definition) is 1. The number of benzene rings is 1. The third-order valence-electron chi connectivity index (χ3n) is 2.73. The zero-order valence-corrected chi connectivity index (χ0v) is 9.12. The van der Waals surface area contributed by atoms with E-state index in [0.29, 0.717) is 5.52 Å². The molecule has 2 N–H and O–H groups in total. The molecule has 0 bridgehead atoms. The predicted octanol–water partition coefficient (Wildman–Crippen LogP) is 0.372. The molecule has 1 aromatic carbocycles. The Labute approximate surface area is 95.8 Å². The Morgan fingerprint density at radius 3 is 2.88 bits per heavy atom. The molecule has 3 aromatic rings. The third kappa shape index (κ3) is 1.27. The van der Waals surface area contributed by atoms with E-state index in [-0.39, 0.29) is 5.56 Å². The van der Waals surface area contributed by atoms with Crippen molar-refractivity contribution in [1.29, 1.82) is 0 Å². The molecular weight excluding hydrogens is 220 g/mol. The largest absolute Gasteiger partial charge is 0.497 e. The molecule has 6 heteroatoms. The number of ether oxygens (including phenoxy) is 1. The van der Waals surface area contributed by atoms with Gasteiger partial charge in [-0.05, 0) is 24.3 Å². The maximum absolute atomic E-state index is 11.8. The highest BCUT2D eigenvalue weighted by Gasteiger charge is 2.08. The number of hydrogen-bond acceptors (Lipinski definition) is 4. The Kier molecular flexibility index (Phi) is 1.85. The van der Waals surface area contributed by atoms with E-state index in [1.54, 1.807) is 17.7 Å². The molecule has 0 fully saturated rings. The highest BCUT2D eigenvalue weighted by atomic mass is 16.5. The molecule has 0 saturated carbocycles. The van der Waals surface area contributed by atoms with Gasteiger partial charge in [-0.2, -0.15) is 5.10 Å². The van der Waals surface area contributed by atoms with Gasteiger partial charge in [0.25, 0.3) is 5.56 Å². The first-order chi connectivity index (χ1) is 8.20. The predicted molar refractivity (Wildman–Crippen MR) is 63.7 cm³/mol. The van der Waals surface area contributed by atoms with E-state index >= 15 is 0 Å². The van der Waals surface area contributed by atoms with E-state index < -0.39 is 0 Å². The molecule has 0 aliphatic heterocycles. The molecule has 86 valence electrons. The van der Waals surface area contributed by atoms with Crippen LogP contribution in [-0.2, 0) is 0 Å². The Bertz CT molecular complexity index is 772. The van der Waals surface area contributed by atoms with Crippen molar-refractivity contribution in [2.45, 2.75) is 0 Å². The number of nitrogens with zero attached hydrogens (tertiary/aromatic N) is 3. The van der Waals surface area contributed by atoms with Crippen LogP contribution in [0.4, 0.5) is 0 Å². The zero-order valence-electron chi connectivity index (χ0n) is 9.12. The number of nitrogens with two attached hydrogens (primary N) is 1. The molecule has 0 amide bonds. The molecule has 6 nitrogen and oxygen atoms in total. The van der Waals surface area contributed by atoms with Crippen LogP contribution in [0, 0.1) is 0 Å². The Morgan fingerprint density at radius 1 is 1.29 bits per heavy atom. The van der Waals surface area contributed by atoms with Crippen LogP contribution in [0.2, 0.25) is 0 Å². The van der Waals surface area contributed by atoms with Crippen LogP contribution in [0.25, 0.3) is 16.4 Å². The van der Waals surface area contributed by atoms with Gasteiger partial charge in [0.05, 0.1) is 12.6 Å². The first-order valence-corrected chi connectivity index (χ1v) is 5.03. The maximum Gasteiger partial charge on any atom is 0.296 e. The summed E-state index contributed by atoms with van der Waals surface area (Å²) in [5.41, 5.74) is 1.01. The topological polar surface area (TPSA) is 74.5 Å². The summed E-state index contributed by atoms with van der Waals surface area (Å²) in [4.78, 5) is 11.8. The van der Waals surface area contributed by atoms with Crippen molar-refractivity contribution in [2.75, 3.05) is 13.0 Å². The van der Waals surface area contributed by atoms with Crippen molar-refractivity contribution in [3.63, 3.8) is 0 Å². The van der Waals surface area contributed by atoms with E-state index in [9.17, 15) is 4.79 Å². The minimum atomic E-state index is -0.282. The fraction of sp³-hybridized carbons (Fsp3) is 0.0909. The van der Waals surface area contributed by atoms with Crippen molar-refractivity contribution in [3.05, 3.63) is 40.9 Å². The van der Waals surface area contributed by atoms with E-state index in [4.69, 9.17) is 10.6 Å². The van der Waals surface area contributed by atoms with Crippen molar-refractivity contribution in [3.8, 4) is 5.75 Å². The standard InChI is InChI=1S/C11H10N4O2/c1-17-8-2-3-9-7(4-8)5-10-11(16)14(12)6-13-15(9)10/h2-6H,12H2,1H3. The molecular formula is C11H10N4O2. The summed E-state index contributed by atoms with van der Waals surface area (Å²) >= 11 is 0. The van der Waals surface area contributed by atoms with Gasteiger partial charge in [0.2, 0.25) is 0 Å². The molecule has 0 saturated heterocycles. The van der Waals surface area contributed by atoms with Crippen LogP contribution < -0.4 is 16.1 Å². The lowest BCUT2D eigenvalue weighted by Gasteiger charge is -2.00. The van der Waals surface area contributed by atoms with E-state index in [0.717, 1.165) is 21.3 Å². The molecule has 0 aliphatic rings. The smallest absolute Gasteiger partial charge is 0.296 e. The zero-order chi connectivity index (χ0) is 12.0. The Balaban J connectivity index is 2.49. The lowest BCUT2D eigenvalue weighted by molar-refractivity contribution is 0.415. The van der Waals surface area contributed by atoms with E-state index in [2.05, 4.69) is 5.10 Å². The van der Waals surface area contributed by atoms with Gasteiger partial charge < -0.3 is 10.6 Å². The highest BCUT2D eigenvalue weighted by molar-refractivity contribution is 5.87. The second-order valence-corrected chi connectivity index (χ2v) is 3.71. The van der Waals surface area contributed by atoms with Crippen LogP contribution in [0.15, 0.2) is 35.4 Å². The van der Waals surface area contributed by atoms with Crippen LogP contribution in [-0.4, -0.2) is 21.4 Å². The fourth-order valence-electron chi connectivity index (χ4n) is 1.87. The molecule has 0 atom stereocenters. The first-order valence-electron chi connectivity index (χ1n) is 5.03. The van der Waals surface area contributed by atoms with Gasteiger partial charge in [-0.25, -0.2) is 9.19 Å². The van der Waals surface area contributed by atoms with Crippen molar-refractivity contribution >= 4 is 16.4 Å². The second-order valence-electron chi connectivity index (χ2n) is 3.71. The lowest BCUT2D eigenvalue weighted by Crippen LogP contribution is -2.28. The van der Waals surface area contributed by atoms with E-state index in [1.807, 2.05) is 18.2 Å². The molecule has 0 aliphatic carbocycles. The monoisotopic (exact) mass is 230 g/mol. The number of nitrogen functional groups attached to an aromatic ring is 1. The van der Waals surface area contributed by atoms with Gasteiger partial charge >= 0.3 is 0 Å². The summed E-state index contributed by atoms with van der Waals surface area (Å²) < 4.78 is 7.67. The summed E-state index contributed by atoms with van der Waals surface area (Å²) in [6.45, 7) is 0. The molecule has 0 unspecified atom stereocenters. The van der Waals surface area contributed by atoms with Crippen LogP contribution in [0.5, 0.6) is 5.75 Å². The number of rotatable bonds is 1. The van der Waals surface area contributed by atoms with Crippen LogP contribution in [0.3, 0.4) is 0 Å². The summed E-state index contributed by atoms with van der Waals surface area (Å²) in [5, 5.41) is 4.99. The second kappa shape index (κ2) is 3.24. The summed E-state index contributed by atoms with van der Waals surface area (Å²) in [6, 6.07) is 7.28. The first kappa shape index (κ1) is 9.71. The minimum absolute atomic E-state index is 0.282. The van der Waals surface area contributed by atoms with Crippen LogP contribution in [0.1, 0.15) is 0 Å². The summed E-state index contributed by atoms with van der Waals surface area (Å²) in [7, 11) is 1.60. The fourth-order valence-corrected chi connectivity index (χ4v) is 1.87. The van der Waals surface area contributed by atoms with Gasteiger partial charge in [-0.15, -0.1) is 0 Å². The molecule has 0 radical (unpaired) electrons. The average molecular weight is 230 g/mol. The summed E-state index contributed by atoms with van der Waals surface area (Å²) in [5.74, 6) is 6.20. The molecule has 3 rings (SSSR count). The SMILES string of the molecule is COc1ccc2c(c1)cc1c(=O)n(N)cnn12. The van der Waals surface area contributed by atoms with Crippen molar-refractivity contribution in [1.82, 2.24) is 14.3 Å².